The van der Waals surface area contributed by atoms with Gasteiger partial charge in [-0.05, 0) is 29.8 Å². The first-order valence-electron chi connectivity index (χ1n) is 5.81. The largest absolute Gasteiger partial charge is 0.493 e. The summed E-state index contributed by atoms with van der Waals surface area (Å²) in [7, 11) is 0. The lowest BCUT2D eigenvalue weighted by Crippen LogP contribution is -2.03. The van der Waals surface area contributed by atoms with Gasteiger partial charge in [0.05, 0.1) is 6.61 Å². The molecular formula is C14H15ClN2O. The number of hydrogen-bond acceptors (Lipinski definition) is 3. The van der Waals surface area contributed by atoms with E-state index in [0.717, 1.165) is 23.4 Å². The summed E-state index contributed by atoms with van der Waals surface area (Å²) >= 11 is 6.05. The Morgan fingerprint density at radius 3 is 2.78 bits per heavy atom. The Labute approximate surface area is 112 Å². The molecule has 18 heavy (non-hydrogen) atoms. The summed E-state index contributed by atoms with van der Waals surface area (Å²) in [6, 6.07) is 11.4. The lowest BCUT2D eigenvalue weighted by atomic mass is 10.2. The van der Waals surface area contributed by atoms with Crippen molar-refractivity contribution in [2.24, 2.45) is 5.73 Å². The molecule has 0 saturated carbocycles. The molecule has 1 aromatic heterocycles. The van der Waals surface area contributed by atoms with Crippen LogP contribution < -0.4 is 10.5 Å². The maximum atomic E-state index is 6.05. The quantitative estimate of drug-likeness (QED) is 0.901. The monoisotopic (exact) mass is 262 g/mol. The van der Waals surface area contributed by atoms with Crippen LogP contribution in [0.5, 0.6) is 5.75 Å². The van der Waals surface area contributed by atoms with Crippen molar-refractivity contribution in [2.45, 2.75) is 13.0 Å². The average molecular weight is 263 g/mol. The molecule has 0 radical (unpaired) electrons. The Kier molecular flexibility index (Phi) is 4.56. The van der Waals surface area contributed by atoms with Gasteiger partial charge in [0.25, 0.3) is 0 Å². The van der Waals surface area contributed by atoms with E-state index < -0.39 is 0 Å². The van der Waals surface area contributed by atoms with Gasteiger partial charge in [0, 0.05) is 29.9 Å². The summed E-state index contributed by atoms with van der Waals surface area (Å²) in [6.45, 7) is 1.02. The maximum Gasteiger partial charge on any atom is 0.120 e. The number of benzene rings is 1. The number of halogens is 1. The van der Waals surface area contributed by atoms with E-state index >= 15 is 0 Å². The van der Waals surface area contributed by atoms with Crippen LogP contribution in [0, 0.1) is 0 Å². The number of aromatic nitrogens is 1. The van der Waals surface area contributed by atoms with Crippen LogP contribution in [0.2, 0.25) is 5.02 Å². The van der Waals surface area contributed by atoms with Crippen LogP contribution >= 0.6 is 11.6 Å². The first-order chi connectivity index (χ1) is 8.79. The van der Waals surface area contributed by atoms with Crippen molar-refractivity contribution in [3.05, 3.63) is 58.9 Å². The van der Waals surface area contributed by atoms with E-state index in [4.69, 9.17) is 22.1 Å². The second-order valence-corrected chi connectivity index (χ2v) is 4.28. The maximum absolute atomic E-state index is 6.05. The van der Waals surface area contributed by atoms with Gasteiger partial charge >= 0.3 is 0 Å². The third kappa shape index (κ3) is 3.45. The lowest BCUT2D eigenvalue weighted by molar-refractivity contribution is 0.320. The number of ether oxygens (including phenoxy) is 1. The van der Waals surface area contributed by atoms with Gasteiger partial charge in [-0.2, -0.15) is 0 Å². The zero-order valence-electron chi connectivity index (χ0n) is 9.97. The van der Waals surface area contributed by atoms with Crippen molar-refractivity contribution in [2.75, 3.05) is 6.61 Å². The number of hydrogen-bond donors (Lipinski definition) is 1. The second kappa shape index (κ2) is 6.38. The van der Waals surface area contributed by atoms with E-state index in [1.54, 1.807) is 12.3 Å². The van der Waals surface area contributed by atoms with E-state index in [9.17, 15) is 0 Å². The number of nitrogens with two attached hydrogens (primary N) is 1. The molecular weight excluding hydrogens is 248 g/mol. The standard InChI is InChI=1S/C14H15ClN2O/c15-14-9-13(5-4-11(14)10-16)18-8-6-12-3-1-2-7-17-12/h1-5,7,9H,6,8,10,16H2. The molecule has 2 N–H and O–H groups in total. The van der Waals surface area contributed by atoms with Crippen LogP contribution in [0.4, 0.5) is 0 Å². The van der Waals surface area contributed by atoms with Crippen molar-refractivity contribution < 1.29 is 4.74 Å². The molecule has 0 saturated heterocycles. The van der Waals surface area contributed by atoms with Crippen molar-refractivity contribution >= 4 is 11.6 Å². The summed E-state index contributed by atoms with van der Waals surface area (Å²) < 4.78 is 5.62. The summed E-state index contributed by atoms with van der Waals surface area (Å²) in [5.74, 6) is 0.758. The Morgan fingerprint density at radius 2 is 2.11 bits per heavy atom. The molecule has 0 fully saturated rings. The third-order valence-electron chi connectivity index (χ3n) is 2.60. The van der Waals surface area contributed by atoms with E-state index in [1.807, 2.05) is 30.3 Å². The average Bonchev–Trinajstić information content (AvgIpc) is 2.40. The van der Waals surface area contributed by atoms with Crippen molar-refractivity contribution in [1.82, 2.24) is 4.98 Å². The van der Waals surface area contributed by atoms with Crippen LogP contribution in [-0.4, -0.2) is 11.6 Å². The molecule has 4 heteroatoms. The minimum atomic E-state index is 0.438. The Hall–Kier alpha value is -1.58. The predicted octanol–water partition coefficient (Wildman–Crippen LogP) is 2.82. The second-order valence-electron chi connectivity index (χ2n) is 3.88. The molecule has 0 aliphatic carbocycles. The number of rotatable bonds is 5. The van der Waals surface area contributed by atoms with Gasteiger partial charge in [0.1, 0.15) is 5.75 Å². The minimum absolute atomic E-state index is 0.438. The van der Waals surface area contributed by atoms with Crippen LogP contribution in [0.25, 0.3) is 0 Å². The molecule has 0 aliphatic heterocycles. The lowest BCUT2D eigenvalue weighted by Gasteiger charge is -2.08. The summed E-state index contributed by atoms with van der Waals surface area (Å²) in [5, 5.41) is 0.646. The van der Waals surface area contributed by atoms with Gasteiger partial charge in [-0.3, -0.25) is 4.98 Å². The molecule has 3 nitrogen and oxygen atoms in total. The van der Waals surface area contributed by atoms with E-state index in [0.29, 0.717) is 18.2 Å². The number of nitrogens with zero attached hydrogens (tertiary/aromatic N) is 1. The highest BCUT2D eigenvalue weighted by molar-refractivity contribution is 6.31. The van der Waals surface area contributed by atoms with Gasteiger partial charge in [-0.25, -0.2) is 0 Å². The molecule has 0 amide bonds. The first-order valence-corrected chi connectivity index (χ1v) is 6.18. The molecule has 0 unspecified atom stereocenters. The molecule has 0 bridgehead atoms. The summed E-state index contributed by atoms with van der Waals surface area (Å²) in [4.78, 5) is 4.23. The zero-order valence-corrected chi connectivity index (χ0v) is 10.7. The smallest absolute Gasteiger partial charge is 0.120 e. The van der Waals surface area contributed by atoms with Crippen molar-refractivity contribution in [3.63, 3.8) is 0 Å². The Morgan fingerprint density at radius 1 is 1.22 bits per heavy atom. The van der Waals surface area contributed by atoms with Gasteiger partial charge < -0.3 is 10.5 Å². The highest BCUT2D eigenvalue weighted by Crippen LogP contribution is 2.22. The fourth-order valence-corrected chi connectivity index (χ4v) is 1.85. The normalized spacial score (nSPS) is 10.3. The molecule has 1 aromatic carbocycles. The van der Waals surface area contributed by atoms with E-state index in [1.165, 1.54) is 0 Å². The fourth-order valence-electron chi connectivity index (χ4n) is 1.60. The van der Waals surface area contributed by atoms with Crippen molar-refractivity contribution in [1.29, 1.82) is 0 Å². The molecule has 1 heterocycles. The fraction of sp³-hybridized carbons (Fsp3) is 0.214. The Balaban J connectivity index is 1.89. The van der Waals surface area contributed by atoms with Gasteiger partial charge in [0.2, 0.25) is 0 Å². The predicted molar refractivity (Wildman–Crippen MR) is 72.8 cm³/mol. The number of pyridine rings is 1. The first kappa shape index (κ1) is 12.9. The van der Waals surface area contributed by atoms with E-state index in [-0.39, 0.29) is 0 Å². The SMILES string of the molecule is NCc1ccc(OCCc2ccccn2)cc1Cl. The Bertz CT molecular complexity index is 502. The van der Waals surface area contributed by atoms with Gasteiger partial charge in [-0.15, -0.1) is 0 Å². The van der Waals surface area contributed by atoms with Gasteiger partial charge in [-0.1, -0.05) is 23.7 Å². The van der Waals surface area contributed by atoms with Gasteiger partial charge in [0.15, 0.2) is 0 Å². The minimum Gasteiger partial charge on any atom is -0.493 e. The van der Waals surface area contributed by atoms with Crippen LogP contribution in [0.15, 0.2) is 42.6 Å². The highest BCUT2D eigenvalue weighted by atomic mass is 35.5. The zero-order chi connectivity index (χ0) is 12.8. The van der Waals surface area contributed by atoms with Crippen LogP contribution in [0.1, 0.15) is 11.3 Å². The van der Waals surface area contributed by atoms with E-state index in [2.05, 4.69) is 4.98 Å². The molecule has 94 valence electrons. The van der Waals surface area contributed by atoms with Crippen LogP contribution in [0.3, 0.4) is 0 Å². The molecule has 0 spiro atoms. The van der Waals surface area contributed by atoms with Crippen LogP contribution in [-0.2, 0) is 13.0 Å². The molecule has 2 rings (SSSR count). The molecule has 2 aromatic rings. The van der Waals surface area contributed by atoms with Crippen molar-refractivity contribution in [3.8, 4) is 5.75 Å². The topological polar surface area (TPSA) is 48.1 Å². The molecule has 0 atom stereocenters. The highest BCUT2D eigenvalue weighted by Gasteiger charge is 2.01. The third-order valence-corrected chi connectivity index (χ3v) is 2.95. The summed E-state index contributed by atoms with van der Waals surface area (Å²) in [5.41, 5.74) is 7.48. The summed E-state index contributed by atoms with van der Waals surface area (Å²) in [6.07, 6.45) is 2.55. The molecule has 0 aliphatic rings.